The van der Waals surface area contributed by atoms with Crippen molar-refractivity contribution in [3.63, 3.8) is 0 Å². The summed E-state index contributed by atoms with van der Waals surface area (Å²) in [5, 5.41) is 18.8. The van der Waals surface area contributed by atoms with Crippen molar-refractivity contribution >= 4 is 12.2 Å². The van der Waals surface area contributed by atoms with Crippen LogP contribution in [0.5, 0.6) is 0 Å². The SMILES string of the molecule is O=Cc1ccc(N2CCC(O)(CO)C2)o1. The summed E-state index contributed by atoms with van der Waals surface area (Å²) in [6.07, 6.45) is 1.14. The molecule has 1 atom stereocenters. The van der Waals surface area contributed by atoms with Crippen LogP contribution in [0, 0.1) is 0 Å². The zero-order valence-corrected chi connectivity index (χ0v) is 8.22. The number of carbonyl (C=O) groups is 1. The average molecular weight is 211 g/mol. The zero-order chi connectivity index (χ0) is 10.9. The lowest BCUT2D eigenvalue weighted by atomic mass is 10.1. The maximum Gasteiger partial charge on any atom is 0.196 e. The van der Waals surface area contributed by atoms with Crippen LogP contribution in [0.1, 0.15) is 17.0 Å². The van der Waals surface area contributed by atoms with Gasteiger partial charge in [0.15, 0.2) is 17.9 Å². The number of β-amino-alcohol motifs (C(OH)–C–C–N with tert-alkyl or cyclic N) is 1. The van der Waals surface area contributed by atoms with Crippen LogP contribution in [0.3, 0.4) is 0 Å². The molecule has 15 heavy (non-hydrogen) atoms. The van der Waals surface area contributed by atoms with Gasteiger partial charge in [0.1, 0.15) is 5.60 Å². The van der Waals surface area contributed by atoms with Gasteiger partial charge in [0.2, 0.25) is 0 Å². The minimum atomic E-state index is -1.05. The Morgan fingerprint density at radius 2 is 2.40 bits per heavy atom. The van der Waals surface area contributed by atoms with Crippen molar-refractivity contribution in [2.75, 3.05) is 24.6 Å². The minimum absolute atomic E-state index is 0.259. The number of hydrogen-bond donors (Lipinski definition) is 2. The number of aliphatic hydroxyl groups excluding tert-OH is 1. The van der Waals surface area contributed by atoms with Crippen molar-refractivity contribution in [1.29, 1.82) is 0 Å². The van der Waals surface area contributed by atoms with Gasteiger partial charge in [0, 0.05) is 12.6 Å². The van der Waals surface area contributed by atoms with E-state index in [1.165, 1.54) is 0 Å². The van der Waals surface area contributed by atoms with E-state index >= 15 is 0 Å². The number of nitrogens with zero attached hydrogens (tertiary/aromatic N) is 1. The van der Waals surface area contributed by atoms with Crippen LogP contribution in [0.25, 0.3) is 0 Å². The second kappa shape index (κ2) is 3.67. The Balaban J connectivity index is 2.10. The number of rotatable bonds is 3. The molecule has 1 unspecified atom stereocenters. The molecule has 0 bridgehead atoms. The molecule has 2 rings (SSSR count). The van der Waals surface area contributed by atoms with Crippen molar-refractivity contribution < 1.29 is 19.4 Å². The lowest BCUT2D eigenvalue weighted by molar-refractivity contribution is 0.00461. The molecule has 1 fully saturated rings. The van der Waals surface area contributed by atoms with Gasteiger partial charge >= 0.3 is 0 Å². The highest BCUT2D eigenvalue weighted by Gasteiger charge is 2.36. The number of hydrogen-bond acceptors (Lipinski definition) is 5. The summed E-state index contributed by atoms with van der Waals surface area (Å²) in [5.74, 6) is 0.825. The van der Waals surface area contributed by atoms with Crippen molar-refractivity contribution in [2.45, 2.75) is 12.0 Å². The first-order valence-corrected chi connectivity index (χ1v) is 4.80. The van der Waals surface area contributed by atoms with Gasteiger partial charge in [-0.2, -0.15) is 0 Å². The quantitative estimate of drug-likeness (QED) is 0.690. The molecule has 2 N–H and O–H groups in total. The summed E-state index contributed by atoms with van der Waals surface area (Å²) in [6.45, 7) is 0.683. The third kappa shape index (κ3) is 1.88. The Kier molecular flexibility index (Phi) is 2.50. The van der Waals surface area contributed by atoms with Crippen LogP contribution in [0.4, 0.5) is 5.88 Å². The van der Waals surface area contributed by atoms with E-state index in [2.05, 4.69) is 0 Å². The summed E-state index contributed by atoms with van der Waals surface area (Å²) >= 11 is 0. The lowest BCUT2D eigenvalue weighted by Gasteiger charge is -2.20. The molecule has 1 aliphatic rings. The van der Waals surface area contributed by atoms with Gasteiger partial charge in [-0.25, -0.2) is 0 Å². The molecular formula is C10H13NO4. The highest BCUT2D eigenvalue weighted by Crippen LogP contribution is 2.27. The van der Waals surface area contributed by atoms with Gasteiger partial charge in [0.25, 0.3) is 0 Å². The second-order valence-electron chi connectivity index (χ2n) is 3.85. The van der Waals surface area contributed by atoms with E-state index in [-0.39, 0.29) is 12.4 Å². The molecule has 1 saturated heterocycles. The standard InChI is InChI=1S/C10H13NO4/c12-5-8-1-2-9(15-8)11-4-3-10(14,6-11)7-13/h1-2,5,13-14H,3-4,6-7H2. The summed E-state index contributed by atoms with van der Waals surface area (Å²) in [4.78, 5) is 12.2. The maximum absolute atomic E-state index is 10.4. The Hall–Kier alpha value is -1.33. The number of aldehydes is 1. The fourth-order valence-electron chi connectivity index (χ4n) is 1.75. The van der Waals surface area contributed by atoms with E-state index < -0.39 is 5.60 Å². The van der Waals surface area contributed by atoms with Crippen molar-refractivity contribution in [3.05, 3.63) is 17.9 Å². The molecule has 1 aromatic heterocycles. The minimum Gasteiger partial charge on any atom is -0.438 e. The molecule has 0 radical (unpaired) electrons. The fraction of sp³-hybridized carbons (Fsp3) is 0.500. The lowest BCUT2D eigenvalue weighted by Crippen LogP contribution is -2.36. The number of anilines is 1. The van der Waals surface area contributed by atoms with Gasteiger partial charge in [-0.05, 0) is 12.5 Å². The molecule has 0 saturated carbocycles. The third-order valence-electron chi connectivity index (χ3n) is 2.67. The van der Waals surface area contributed by atoms with Crippen molar-refractivity contribution in [2.24, 2.45) is 0 Å². The van der Waals surface area contributed by atoms with Gasteiger partial charge in [-0.1, -0.05) is 0 Å². The molecule has 5 heteroatoms. The first-order valence-electron chi connectivity index (χ1n) is 4.80. The zero-order valence-electron chi connectivity index (χ0n) is 8.22. The van der Waals surface area contributed by atoms with Gasteiger partial charge in [0.05, 0.1) is 13.2 Å². The topological polar surface area (TPSA) is 73.9 Å². The van der Waals surface area contributed by atoms with Crippen LogP contribution in [0.2, 0.25) is 0 Å². The van der Waals surface area contributed by atoms with Crippen LogP contribution in [-0.2, 0) is 0 Å². The van der Waals surface area contributed by atoms with Crippen LogP contribution in [0.15, 0.2) is 16.5 Å². The molecule has 2 heterocycles. The predicted octanol–water partition coefficient (Wildman–Crippen LogP) is 0.0256. The highest BCUT2D eigenvalue weighted by molar-refractivity contribution is 5.71. The summed E-state index contributed by atoms with van der Waals surface area (Å²) in [7, 11) is 0. The molecule has 0 spiro atoms. The third-order valence-corrected chi connectivity index (χ3v) is 2.67. The molecular weight excluding hydrogens is 198 g/mol. The molecule has 1 aromatic rings. The highest BCUT2D eigenvalue weighted by atomic mass is 16.4. The molecule has 1 aliphatic heterocycles. The Morgan fingerprint density at radius 3 is 2.93 bits per heavy atom. The van der Waals surface area contributed by atoms with E-state index in [1.54, 1.807) is 12.1 Å². The van der Waals surface area contributed by atoms with E-state index in [4.69, 9.17) is 9.52 Å². The number of aliphatic hydroxyl groups is 2. The van der Waals surface area contributed by atoms with Gasteiger partial charge in [-0.15, -0.1) is 0 Å². The molecule has 82 valence electrons. The summed E-state index contributed by atoms with van der Waals surface area (Å²) in [5.41, 5.74) is -1.05. The van der Waals surface area contributed by atoms with E-state index in [9.17, 15) is 9.90 Å². The molecule has 5 nitrogen and oxygen atoms in total. The number of furan rings is 1. The first-order chi connectivity index (χ1) is 7.17. The normalized spacial score (nSPS) is 25.9. The van der Waals surface area contributed by atoms with Crippen LogP contribution >= 0.6 is 0 Å². The second-order valence-corrected chi connectivity index (χ2v) is 3.85. The summed E-state index contributed by atoms with van der Waals surface area (Å²) in [6, 6.07) is 3.27. The fourth-order valence-corrected chi connectivity index (χ4v) is 1.75. The Bertz CT molecular complexity index is 362. The molecule has 0 amide bonds. The van der Waals surface area contributed by atoms with E-state index in [1.807, 2.05) is 4.90 Å². The van der Waals surface area contributed by atoms with E-state index in [0.717, 1.165) is 0 Å². The summed E-state index contributed by atoms with van der Waals surface area (Å²) < 4.78 is 5.22. The van der Waals surface area contributed by atoms with Crippen molar-refractivity contribution in [1.82, 2.24) is 0 Å². The smallest absolute Gasteiger partial charge is 0.196 e. The monoisotopic (exact) mass is 211 g/mol. The Morgan fingerprint density at radius 1 is 1.60 bits per heavy atom. The van der Waals surface area contributed by atoms with Crippen LogP contribution in [-0.4, -0.2) is 41.8 Å². The predicted molar refractivity (Wildman–Crippen MR) is 53.0 cm³/mol. The Labute approximate surface area is 86.9 Å². The maximum atomic E-state index is 10.4. The van der Waals surface area contributed by atoms with Gasteiger partial charge < -0.3 is 19.5 Å². The largest absolute Gasteiger partial charge is 0.438 e. The molecule has 0 aromatic carbocycles. The van der Waals surface area contributed by atoms with E-state index in [0.29, 0.717) is 31.7 Å². The van der Waals surface area contributed by atoms with Crippen molar-refractivity contribution in [3.8, 4) is 0 Å². The average Bonchev–Trinajstić information content (AvgIpc) is 2.84. The number of carbonyl (C=O) groups excluding carboxylic acids is 1. The molecule has 0 aliphatic carbocycles. The van der Waals surface area contributed by atoms with Crippen LogP contribution < -0.4 is 4.90 Å². The first kappa shape index (κ1) is 10.2. The van der Waals surface area contributed by atoms with Gasteiger partial charge in [-0.3, -0.25) is 4.79 Å².